The molecule has 1 aliphatic carbocycles. The highest BCUT2D eigenvalue weighted by molar-refractivity contribution is 5.94. The second-order valence-electron chi connectivity index (χ2n) is 5.60. The molecule has 0 unspecified atom stereocenters. The van der Waals surface area contributed by atoms with E-state index in [1.807, 2.05) is 39.0 Å². The molecule has 2 nitrogen and oxygen atoms in total. The fraction of sp³-hybridized carbons (Fsp3) is 0.500. The van der Waals surface area contributed by atoms with Crippen LogP contribution in [0.4, 0.5) is 0 Å². The first kappa shape index (κ1) is 11.2. The van der Waals surface area contributed by atoms with Crippen LogP contribution in [-0.4, -0.2) is 11.4 Å². The molecule has 0 bridgehead atoms. The molecule has 1 saturated carbocycles. The summed E-state index contributed by atoms with van der Waals surface area (Å²) in [6, 6.07) is 8.00. The molecule has 2 heteroatoms. The molecule has 1 amide bonds. The Bertz CT molecular complexity index is 399. The number of nitrogens with one attached hydrogen (secondary N) is 1. The van der Waals surface area contributed by atoms with Gasteiger partial charge in [0, 0.05) is 11.1 Å². The molecule has 0 heterocycles. The van der Waals surface area contributed by atoms with Crippen LogP contribution in [-0.2, 0) is 0 Å². The van der Waals surface area contributed by atoms with E-state index in [0.29, 0.717) is 5.92 Å². The van der Waals surface area contributed by atoms with Gasteiger partial charge in [0.2, 0.25) is 0 Å². The number of hydrogen-bond donors (Lipinski definition) is 1. The summed E-state index contributed by atoms with van der Waals surface area (Å²) in [5.41, 5.74) is 1.91. The molecule has 1 aliphatic rings. The first-order valence-electron chi connectivity index (χ1n) is 5.88. The molecule has 1 aromatic rings. The summed E-state index contributed by atoms with van der Waals surface area (Å²) in [5, 5.41) is 2.98. The van der Waals surface area contributed by atoms with Crippen LogP contribution in [0.3, 0.4) is 0 Å². The Morgan fingerprint density at radius 1 is 1.31 bits per heavy atom. The van der Waals surface area contributed by atoms with E-state index in [9.17, 15) is 4.79 Å². The zero-order valence-corrected chi connectivity index (χ0v) is 10.2. The highest BCUT2D eigenvalue weighted by Gasteiger charge is 2.24. The van der Waals surface area contributed by atoms with Gasteiger partial charge >= 0.3 is 0 Å². The van der Waals surface area contributed by atoms with E-state index in [0.717, 1.165) is 5.56 Å². The number of rotatable bonds is 2. The zero-order valence-electron chi connectivity index (χ0n) is 10.2. The number of benzene rings is 1. The maximum absolute atomic E-state index is 11.9. The Labute approximate surface area is 97.1 Å². The third kappa shape index (κ3) is 2.84. The van der Waals surface area contributed by atoms with Gasteiger partial charge < -0.3 is 5.32 Å². The van der Waals surface area contributed by atoms with E-state index in [1.54, 1.807) is 0 Å². The number of amides is 1. The number of hydrogen-bond acceptors (Lipinski definition) is 1. The second kappa shape index (κ2) is 3.93. The van der Waals surface area contributed by atoms with Crippen LogP contribution in [0.2, 0.25) is 0 Å². The van der Waals surface area contributed by atoms with E-state index in [-0.39, 0.29) is 11.4 Å². The van der Waals surface area contributed by atoms with E-state index < -0.39 is 0 Å². The van der Waals surface area contributed by atoms with E-state index in [1.165, 1.54) is 18.4 Å². The fourth-order valence-corrected chi connectivity index (χ4v) is 1.76. The Kier molecular flexibility index (Phi) is 2.75. The van der Waals surface area contributed by atoms with Crippen molar-refractivity contribution < 1.29 is 4.79 Å². The first-order valence-corrected chi connectivity index (χ1v) is 5.88. The highest BCUT2D eigenvalue weighted by atomic mass is 16.1. The molecule has 0 spiro atoms. The summed E-state index contributed by atoms with van der Waals surface area (Å²) in [5.74, 6) is 0.720. The molecule has 0 aliphatic heterocycles. The molecule has 0 radical (unpaired) electrons. The molecule has 1 aromatic carbocycles. The van der Waals surface area contributed by atoms with Crippen LogP contribution >= 0.6 is 0 Å². The molecular weight excluding hydrogens is 198 g/mol. The molecule has 1 fully saturated rings. The van der Waals surface area contributed by atoms with Gasteiger partial charge in [-0.3, -0.25) is 4.79 Å². The Balaban J connectivity index is 2.13. The average molecular weight is 217 g/mol. The smallest absolute Gasteiger partial charge is 0.251 e. The third-order valence-electron chi connectivity index (χ3n) is 2.69. The molecule has 1 N–H and O–H groups in total. The maximum atomic E-state index is 11.9. The largest absolute Gasteiger partial charge is 0.347 e. The van der Waals surface area contributed by atoms with Gasteiger partial charge in [-0.1, -0.05) is 12.1 Å². The summed E-state index contributed by atoms with van der Waals surface area (Å²) in [4.78, 5) is 11.9. The molecule has 86 valence electrons. The van der Waals surface area contributed by atoms with Crippen molar-refractivity contribution in [3.8, 4) is 0 Å². The van der Waals surface area contributed by atoms with Gasteiger partial charge in [0.25, 0.3) is 5.91 Å². The lowest BCUT2D eigenvalue weighted by atomic mass is 10.0. The number of carbonyl (C=O) groups is 1. The minimum absolute atomic E-state index is 0.0231. The van der Waals surface area contributed by atoms with Crippen LogP contribution in [0.15, 0.2) is 24.3 Å². The molecule has 0 saturated heterocycles. The van der Waals surface area contributed by atoms with E-state index >= 15 is 0 Å². The third-order valence-corrected chi connectivity index (χ3v) is 2.69. The summed E-state index contributed by atoms with van der Waals surface area (Å²) >= 11 is 0. The standard InChI is InChI=1S/C14H19NO/c1-14(2,3)15-13(16)12-6-4-5-11(9-12)10-7-8-10/h4-6,9-10H,7-8H2,1-3H3,(H,15,16). The van der Waals surface area contributed by atoms with Crippen LogP contribution < -0.4 is 5.32 Å². The van der Waals surface area contributed by atoms with Gasteiger partial charge in [0.1, 0.15) is 0 Å². The Morgan fingerprint density at radius 2 is 2.00 bits per heavy atom. The normalized spacial score (nSPS) is 15.9. The molecule has 0 aromatic heterocycles. The van der Waals surface area contributed by atoms with Crippen LogP contribution in [0.25, 0.3) is 0 Å². The zero-order chi connectivity index (χ0) is 11.8. The predicted octanol–water partition coefficient (Wildman–Crippen LogP) is 3.09. The van der Waals surface area contributed by atoms with Crippen molar-refractivity contribution in [3.63, 3.8) is 0 Å². The van der Waals surface area contributed by atoms with Gasteiger partial charge in [0.05, 0.1) is 0 Å². The van der Waals surface area contributed by atoms with Crippen LogP contribution in [0, 0.1) is 0 Å². The SMILES string of the molecule is CC(C)(C)NC(=O)c1cccc(C2CC2)c1. The Hall–Kier alpha value is -1.31. The topological polar surface area (TPSA) is 29.1 Å². The lowest BCUT2D eigenvalue weighted by Crippen LogP contribution is -2.40. The highest BCUT2D eigenvalue weighted by Crippen LogP contribution is 2.40. The van der Waals surface area contributed by atoms with Crippen molar-refractivity contribution in [3.05, 3.63) is 35.4 Å². The van der Waals surface area contributed by atoms with Crippen LogP contribution in [0.5, 0.6) is 0 Å². The quantitative estimate of drug-likeness (QED) is 0.810. The van der Waals surface area contributed by atoms with Gasteiger partial charge in [0.15, 0.2) is 0 Å². The van der Waals surface area contributed by atoms with Crippen molar-refractivity contribution >= 4 is 5.91 Å². The fourth-order valence-electron chi connectivity index (χ4n) is 1.76. The predicted molar refractivity (Wildman–Crippen MR) is 65.6 cm³/mol. The minimum atomic E-state index is -0.174. The lowest BCUT2D eigenvalue weighted by Gasteiger charge is -2.20. The molecule has 2 rings (SSSR count). The maximum Gasteiger partial charge on any atom is 0.251 e. The molecule has 16 heavy (non-hydrogen) atoms. The monoisotopic (exact) mass is 217 g/mol. The van der Waals surface area contributed by atoms with Gasteiger partial charge in [-0.05, 0) is 57.2 Å². The van der Waals surface area contributed by atoms with Crippen molar-refractivity contribution in [2.75, 3.05) is 0 Å². The summed E-state index contributed by atoms with van der Waals surface area (Å²) in [6.45, 7) is 5.99. The van der Waals surface area contributed by atoms with E-state index in [2.05, 4.69) is 11.4 Å². The Morgan fingerprint density at radius 3 is 2.56 bits per heavy atom. The lowest BCUT2D eigenvalue weighted by molar-refractivity contribution is 0.0919. The molecule has 0 atom stereocenters. The second-order valence-corrected chi connectivity index (χ2v) is 5.60. The van der Waals surface area contributed by atoms with Crippen molar-refractivity contribution in [2.24, 2.45) is 0 Å². The van der Waals surface area contributed by atoms with Gasteiger partial charge in [-0.15, -0.1) is 0 Å². The average Bonchev–Trinajstić information content (AvgIpc) is 2.98. The first-order chi connectivity index (χ1) is 7.46. The summed E-state index contributed by atoms with van der Waals surface area (Å²) in [6.07, 6.45) is 2.54. The van der Waals surface area contributed by atoms with Gasteiger partial charge in [-0.25, -0.2) is 0 Å². The van der Waals surface area contributed by atoms with E-state index in [4.69, 9.17) is 0 Å². The summed E-state index contributed by atoms with van der Waals surface area (Å²) in [7, 11) is 0. The minimum Gasteiger partial charge on any atom is -0.347 e. The van der Waals surface area contributed by atoms with Crippen molar-refractivity contribution in [2.45, 2.75) is 45.1 Å². The van der Waals surface area contributed by atoms with Crippen molar-refractivity contribution in [1.29, 1.82) is 0 Å². The summed E-state index contributed by atoms with van der Waals surface area (Å²) < 4.78 is 0. The van der Waals surface area contributed by atoms with Crippen LogP contribution in [0.1, 0.15) is 55.5 Å². The molecular formula is C14H19NO. The van der Waals surface area contributed by atoms with Crippen molar-refractivity contribution in [1.82, 2.24) is 5.32 Å². The number of carbonyl (C=O) groups excluding carboxylic acids is 1. The van der Waals surface area contributed by atoms with Gasteiger partial charge in [-0.2, -0.15) is 0 Å².